The van der Waals surface area contributed by atoms with Gasteiger partial charge in [-0.05, 0) is 32.4 Å². The molecule has 1 amide bonds. The standard InChI is InChI=1S/C13H16N2O2/c1-13(2,3)17-12(16)15-9-14-8-10-6-4-5-7-11(10)15/h4-7,9H,8H2,1-3H3. The Morgan fingerprint density at radius 2 is 2.06 bits per heavy atom. The van der Waals surface area contributed by atoms with Gasteiger partial charge in [-0.3, -0.25) is 4.99 Å². The van der Waals surface area contributed by atoms with Crippen molar-refractivity contribution >= 4 is 18.1 Å². The first-order chi connectivity index (χ1) is 7.97. The van der Waals surface area contributed by atoms with Gasteiger partial charge in [0.1, 0.15) is 11.9 Å². The zero-order valence-electron chi connectivity index (χ0n) is 10.3. The van der Waals surface area contributed by atoms with E-state index in [1.54, 1.807) is 0 Å². The summed E-state index contributed by atoms with van der Waals surface area (Å²) in [6.45, 7) is 6.14. The van der Waals surface area contributed by atoms with E-state index in [0.717, 1.165) is 11.3 Å². The van der Waals surface area contributed by atoms with Crippen LogP contribution in [0.15, 0.2) is 29.3 Å². The Kier molecular flexibility index (Phi) is 2.88. The lowest BCUT2D eigenvalue weighted by atomic mass is 10.1. The minimum atomic E-state index is -0.503. The molecule has 0 spiro atoms. The molecule has 0 bridgehead atoms. The lowest BCUT2D eigenvalue weighted by Crippen LogP contribution is -2.37. The number of rotatable bonds is 0. The minimum Gasteiger partial charge on any atom is -0.443 e. The van der Waals surface area contributed by atoms with Crippen LogP contribution in [0.2, 0.25) is 0 Å². The summed E-state index contributed by atoms with van der Waals surface area (Å²) in [5.41, 5.74) is 1.37. The summed E-state index contributed by atoms with van der Waals surface area (Å²) in [5.74, 6) is 0. The molecule has 0 aliphatic carbocycles. The van der Waals surface area contributed by atoms with E-state index in [1.807, 2.05) is 45.0 Å². The fourth-order valence-electron chi connectivity index (χ4n) is 1.62. The van der Waals surface area contributed by atoms with Gasteiger partial charge in [0.15, 0.2) is 0 Å². The molecule has 1 aromatic carbocycles. The van der Waals surface area contributed by atoms with Gasteiger partial charge in [-0.1, -0.05) is 18.2 Å². The van der Waals surface area contributed by atoms with Crippen molar-refractivity contribution in [2.45, 2.75) is 32.9 Å². The number of carbonyl (C=O) groups excluding carboxylic acids is 1. The second kappa shape index (κ2) is 4.20. The van der Waals surface area contributed by atoms with Gasteiger partial charge in [-0.2, -0.15) is 0 Å². The van der Waals surface area contributed by atoms with Gasteiger partial charge < -0.3 is 4.74 Å². The third-order valence-corrected chi connectivity index (χ3v) is 2.30. The van der Waals surface area contributed by atoms with E-state index in [2.05, 4.69) is 4.99 Å². The number of hydrogen-bond donors (Lipinski definition) is 0. The van der Waals surface area contributed by atoms with E-state index in [9.17, 15) is 4.79 Å². The number of para-hydroxylation sites is 1. The van der Waals surface area contributed by atoms with E-state index < -0.39 is 11.7 Å². The monoisotopic (exact) mass is 232 g/mol. The van der Waals surface area contributed by atoms with Gasteiger partial charge in [0, 0.05) is 0 Å². The number of carbonyl (C=O) groups is 1. The maximum absolute atomic E-state index is 12.0. The molecule has 0 saturated carbocycles. The highest BCUT2D eigenvalue weighted by Crippen LogP contribution is 2.25. The SMILES string of the molecule is CC(C)(C)OC(=O)N1C=NCc2ccccc21. The van der Waals surface area contributed by atoms with Crippen LogP contribution in [0.1, 0.15) is 26.3 Å². The van der Waals surface area contributed by atoms with Gasteiger partial charge in [0.25, 0.3) is 0 Å². The average Bonchev–Trinajstić information content (AvgIpc) is 2.26. The normalized spacial score (nSPS) is 14.4. The van der Waals surface area contributed by atoms with Crippen molar-refractivity contribution in [2.75, 3.05) is 4.90 Å². The van der Waals surface area contributed by atoms with E-state index in [4.69, 9.17) is 4.74 Å². The van der Waals surface area contributed by atoms with Crippen molar-refractivity contribution in [3.05, 3.63) is 29.8 Å². The number of anilines is 1. The number of nitrogens with zero attached hydrogens (tertiary/aromatic N) is 2. The van der Waals surface area contributed by atoms with Crippen LogP contribution in [0.25, 0.3) is 0 Å². The molecule has 2 rings (SSSR count). The second-order valence-corrected chi connectivity index (χ2v) is 4.94. The van der Waals surface area contributed by atoms with Gasteiger partial charge in [0.05, 0.1) is 12.2 Å². The summed E-state index contributed by atoms with van der Waals surface area (Å²) < 4.78 is 5.33. The summed E-state index contributed by atoms with van der Waals surface area (Å²) in [6, 6.07) is 7.69. The fourth-order valence-corrected chi connectivity index (χ4v) is 1.62. The molecule has 17 heavy (non-hydrogen) atoms. The van der Waals surface area contributed by atoms with E-state index in [1.165, 1.54) is 11.2 Å². The van der Waals surface area contributed by atoms with Crippen molar-refractivity contribution in [2.24, 2.45) is 4.99 Å². The molecule has 1 aliphatic heterocycles. The Bertz CT molecular complexity index is 461. The van der Waals surface area contributed by atoms with Crippen molar-refractivity contribution in [1.82, 2.24) is 0 Å². The predicted molar refractivity (Wildman–Crippen MR) is 67.4 cm³/mol. The molecule has 0 aromatic heterocycles. The van der Waals surface area contributed by atoms with Gasteiger partial charge in [-0.15, -0.1) is 0 Å². The highest BCUT2D eigenvalue weighted by atomic mass is 16.6. The lowest BCUT2D eigenvalue weighted by Gasteiger charge is -2.27. The summed E-state index contributed by atoms with van der Waals surface area (Å²) in [5, 5.41) is 0. The van der Waals surface area contributed by atoms with E-state index in [-0.39, 0.29) is 0 Å². The third kappa shape index (κ3) is 2.64. The molecule has 1 heterocycles. The quantitative estimate of drug-likeness (QED) is 0.690. The Morgan fingerprint density at radius 1 is 1.35 bits per heavy atom. The maximum atomic E-state index is 12.0. The van der Waals surface area contributed by atoms with Crippen molar-refractivity contribution < 1.29 is 9.53 Å². The maximum Gasteiger partial charge on any atom is 0.420 e. The molecule has 1 aromatic rings. The molecule has 90 valence electrons. The van der Waals surface area contributed by atoms with Gasteiger partial charge in [0.2, 0.25) is 0 Å². The molecular weight excluding hydrogens is 216 g/mol. The number of ether oxygens (including phenoxy) is 1. The first-order valence-electron chi connectivity index (χ1n) is 5.57. The summed E-state index contributed by atoms with van der Waals surface area (Å²) in [4.78, 5) is 17.6. The van der Waals surface area contributed by atoms with Crippen molar-refractivity contribution in [3.8, 4) is 0 Å². The van der Waals surface area contributed by atoms with Crippen molar-refractivity contribution in [3.63, 3.8) is 0 Å². The van der Waals surface area contributed by atoms with Crippen LogP contribution in [0.3, 0.4) is 0 Å². The molecule has 4 nitrogen and oxygen atoms in total. The Morgan fingerprint density at radius 3 is 2.76 bits per heavy atom. The molecule has 0 atom stereocenters. The van der Waals surface area contributed by atoms with Crippen molar-refractivity contribution in [1.29, 1.82) is 0 Å². The van der Waals surface area contributed by atoms with Crippen LogP contribution in [-0.2, 0) is 11.3 Å². The number of fused-ring (bicyclic) bond motifs is 1. The zero-order chi connectivity index (χ0) is 12.5. The van der Waals surface area contributed by atoms with Crippen LogP contribution in [0.5, 0.6) is 0 Å². The topological polar surface area (TPSA) is 41.9 Å². The number of hydrogen-bond acceptors (Lipinski definition) is 3. The molecule has 1 aliphatic rings. The first kappa shape index (κ1) is 11.6. The van der Waals surface area contributed by atoms with Crippen LogP contribution in [0.4, 0.5) is 10.5 Å². The Hall–Kier alpha value is -1.84. The highest BCUT2D eigenvalue weighted by molar-refractivity contribution is 6.06. The number of aliphatic imine (C=N–C) groups is 1. The molecule has 0 fully saturated rings. The zero-order valence-corrected chi connectivity index (χ0v) is 10.3. The molecule has 4 heteroatoms. The summed E-state index contributed by atoms with van der Waals surface area (Å²) in [6.07, 6.45) is 1.13. The Labute approximate surface area is 101 Å². The first-order valence-corrected chi connectivity index (χ1v) is 5.57. The Balaban J connectivity index is 2.25. The minimum absolute atomic E-state index is 0.395. The van der Waals surface area contributed by atoms with E-state index in [0.29, 0.717) is 6.54 Å². The molecule has 0 unspecified atom stereocenters. The largest absolute Gasteiger partial charge is 0.443 e. The molecule has 0 saturated heterocycles. The smallest absolute Gasteiger partial charge is 0.420 e. The average molecular weight is 232 g/mol. The third-order valence-electron chi connectivity index (χ3n) is 2.30. The van der Waals surface area contributed by atoms with Gasteiger partial charge in [-0.25, -0.2) is 9.69 Å². The number of amides is 1. The van der Waals surface area contributed by atoms with Gasteiger partial charge >= 0.3 is 6.09 Å². The summed E-state index contributed by atoms with van der Waals surface area (Å²) in [7, 11) is 0. The highest BCUT2D eigenvalue weighted by Gasteiger charge is 2.25. The predicted octanol–water partition coefficient (Wildman–Crippen LogP) is 2.97. The fraction of sp³-hybridized carbons (Fsp3) is 0.385. The molecule has 0 radical (unpaired) electrons. The second-order valence-electron chi connectivity index (χ2n) is 4.94. The van der Waals surface area contributed by atoms with Crippen LogP contribution >= 0.6 is 0 Å². The number of benzene rings is 1. The lowest BCUT2D eigenvalue weighted by molar-refractivity contribution is 0.0604. The van der Waals surface area contributed by atoms with E-state index >= 15 is 0 Å². The van der Waals surface area contributed by atoms with Crippen LogP contribution < -0.4 is 4.90 Å². The molecular formula is C13H16N2O2. The van der Waals surface area contributed by atoms with Crippen LogP contribution in [-0.4, -0.2) is 18.0 Å². The summed E-state index contributed by atoms with van der Waals surface area (Å²) >= 11 is 0. The molecule has 0 N–H and O–H groups in total. The van der Waals surface area contributed by atoms with Crippen LogP contribution in [0, 0.1) is 0 Å².